The van der Waals surface area contributed by atoms with E-state index in [2.05, 4.69) is 18.3 Å². The molecular formula is C33H46N2O7. The van der Waals surface area contributed by atoms with Crippen molar-refractivity contribution in [2.24, 2.45) is 5.73 Å². The van der Waals surface area contributed by atoms with E-state index < -0.39 is 6.09 Å². The lowest BCUT2D eigenvalue weighted by molar-refractivity contribution is -0.121. The van der Waals surface area contributed by atoms with Crippen molar-refractivity contribution >= 4 is 17.8 Å². The summed E-state index contributed by atoms with van der Waals surface area (Å²) in [5.41, 5.74) is 7.18. The normalized spacial score (nSPS) is 13.7. The van der Waals surface area contributed by atoms with Crippen molar-refractivity contribution in [3.05, 3.63) is 58.7 Å². The number of Topliss-reactive ketones (excluding diaryl/α,β-unsaturated/α-hetero) is 1. The number of hydrogen-bond donors (Lipinski definition) is 2. The van der Waals surface area contributed by atoms with Crippen molar-refractivity contribution in [3.63, 3.8) is 0 Å². The molecule has 0 saturated heterocycles. The maximum Gasteiger partial charge on any atom is 0.404 e. The molecule has 0 bridgehead atoms. The Kier molecular flexibility index (Phi) is 13.8. The number of amides is 2. The second-order valence-corrected chi connectivity index (χ2v) is 10.5. The van der Waals surface area contributed by atoms with Crippen LogP contribution in [0.1, 0.15) is 84.8 Å². The van der Waals surface area contributed by atoms with E-state index in [1.807, 2.05) is 30.3 Å². The summed E-state index contributed by atoms with van der Waals surface area (Å²) < 4.78 is 28.5. The summed E-state index contributed by atoms with van der Waals surface area (Å²) in [5.74, 6) is -0.224. The van der Waals surface area contributed by atoms with Crippen molar-refractivity contribution in [2.75, 3.05) is 53.3 Å². The minimum atomic E-state index is -0.828. The van der Waals surface area contributed by atoms with E-state index in [0.29, 0.717) is 77.2 Å². The number of carbonyl (C=O) groups is 3. The molecule has 0 radical (unpaired) electrons. The zero-order chi connectivity index (χ0) is 30.9. The van der Waals surface area contributed by atoms with Gasteiger partial charge in [-0.05, 0) is 59.9 Å². The standard InChI is InChI=1S/C33H46N2O7/c1-3-4-18-41-21-16-35-31(37)13-5-9-24-14-15-26-28(22-24)29(23-42-33(34)38)25-10-6-11-27(32(25)26)30(36)12-7-19-40-20-8-17-39-2/h6,10-11,14-15,22,29H,3-5,7-9,12-13,16-21,23H2,1-2H3,(H2,34,38)(H,35,37)/i/hD. The third-order valence-corrected chi connectivity index (χ3v) is 7.32. The highest BCUT2D eigenvalue weighted by Gasteiger charge is 2.32. The lowest BCUT2D eigenvalue weighted by atomic mass is 9.93. The van der Waals surface area contributed by atoms with Crippen molar-refractivity contribution in [2.45, 2.75) is 64.2 Å². The van der Waals surface area contributed by atoms with Crippen molar-refractivity contribution in [1.82, 2.24) is 5.32 Å². The van der Waals surface area contributed by atoms with Gasteiger partial charge in [-0.3, -0.25) is 9.59 Å². The number of ether oxygens (including phenoxy) is 4. The number of unbranched alkanes of at least 4 members (excludes halogenated alkanes) is 1. The molecular weight excluding hydrogens is 536 g/mol. The topological polar surface area (TPSA) is 126 Å². The van der Waals surface area contributed by atoms with Gasteiger partial charge in [-0.25, -0.2) is 4.79 Å². The number of ketones is 1. The summed E-state index contributed by atoms with van der Waals surface area (Å²) in [6.45, 7) is 5.66. The van der Waals surface area contributed by atoms with Gasteiger partial charge in [0.1, 0.15) is 6.61 Å². The molecule has 3 rings (SSSR count). The Morgan fingerprint density at radius 2 is 1.74 bits per heavy atom. The number of hydrogen-bond acceptors (Lipinski definition) is 7. The molecule has 1 unspecified atom stereocenters. The Balaban J connectivity index is 1.66. The molecule has 1 aliphatic rings. The molecule has 42 heavy (non-hydrogen) atoms. The molecule has 0 spiro atoms. The summed E-state index contributed by atoms with van der Waals surface area (Å²) in [6.07, 6.45) is 4.89. The number of nitrogens with one attached hydrogen (secondary N) is 1. The van der Waals surface area contributed by atoms with E-state index in [9.17, 15) is 14.4 Å². The van der Waals surface area contributed by atoms with Crippen LogP contribution >= 0.6 is 0 Å². The van der Waals surface area contributed by atoms with Crippen molar-refractivity contribution in [1.29, 1.82) is 0 Å². The summed E-state index contributed by atoms with van der Waals surface area (Å²) >= 11 is 0. The predicted molar refractivity (Wildman–Crippen MR) is 162 cm³/mol. The quantitative estimate of drug-likeness (QED) is 0.153. The second kappa shape index (κ2) is 18.3. The molecule has 1 atom stereocenters. The number of benzene rings is 2. The fourth-order valence-corrected chi connectivity index (χ4v) is 5.21. The van der Waals surface area contributed by atoms with Gasteiger partial charge in [0.15, 0.2) is 7.20 Å². The highest BCUT2D eigenvalue weighted by molar-refractivity contribution is 6.04. The average Bonchev–Trinajstić information content (AvgIpc) is 3.33. The maximum absolute atomic E-state index is 13.3. The molecule has 9 nitrogen and oxygen atoms in total. The number of aryl methyl sites for hydroxylation is 1. The molecule has 0 aromatic heterocycles. The molecule has 1 aliphatic carbocycles. The second-order valence-electron chi connectivity index (χ2n) is 10.5. The van der Waals surface area contributed by atoms with E-state index in [1.165, 1.54) is 0 Å². The Morgan fingerprint density at radius 3 is 2.55 bits per heavy atom. The summed E-state index contributed by atoms with van der Waals surface area (Å²) in [4.78, 5) is 37.4. The van der Waals surface area contributed by atoms with Gasteiger partial charge in [-0.15, -0.1) is 0 Å². The number of methoxy groups -OCH3 is 1. The summed E-state index contributed by atoms with van der Waals surface area (Å²) in [5, 5.41) is 2.91. The van der Waals surface area contributed by atoms with Gasteiger partial charge < -0.3 is 30.0 Å². The zero-order valence-corrected chi connectivity index (χ0v) is 25.0. The number of fused-ring (bicyclic) bond motifs is 3. The van der Waals surface area contributed by atoms with Gasteiger partial charge in [0.25, 0.3) is 0 Å². The first-order valence-electron chi connectivity index (χ1n) is 15.5. The molecule has 0 fully saturated rings. The maximum atomic E-state index is 13.3. The van der Waals surface area contributed by atoms with E-state index >= 15 is 0 Å². The Hall–Kier alpha value is -3.27. The van der Waals surface area contributed by atoms with Gasteiger partial charge in [0, 0.05) is 64.4 Å². The number of carbonyl (C=O) groups excluding carboxylic acids is 3. The first kappa shape index (κ1) is 31.7. The summed E-state index contributed by atoms with van der Waals surface area (Å²) in [6, 6.07) is 11.8. The molecule has 2 aromatic rings. The summed E-state index contributed by atoms with van der Waals surface area (Å²) in [7, 11) is 1.66. The van der Waals surface area contributed by atoms with Gasteiger partial charge in [0.05, 0.1) is 6.61 Å². The first-order valence-corrected chi connectivity index (χ1v) is 15.0. The predicted octanol–water partition coefficient (Wildman–Crippen LogP) is 5.17. The molecule has 2 amide bonds. The van der Waals surface area contributed by atoms with Crippen LogP contribution in [-0.4, -0.2) is 71.1 Å². The first-order chi connectivity index (χ1) is 21.0. The number of nitrogens with two attached hydrogens (primary N) is 1. The van der Waals surface area contributed by atoms with Crippen LogP contribution < -0.4 is 11.0 Å². The molecule has 2 aromatic carbocycles. The largest absolute Gasteiger partial charge is 0.449 e. The Bertz CT molecular complexity index is 1190. The molecule has 0 saturated carbocycles. The van der Waals surface area contributed by atoms with E-state index in [0.717, 1.165) is 47.1 Å². The highest BCUT2D eigenvalue weighted by Crippen LogP contribution is 2.47. The van der Waals surface area contributed by atoms with E-state index in [4.69, 9.17) is 20.4 Å². The minimum absolute atomic E-state index is 0.00358. The van der Waals surface area contributed by atoms with Crippen LogP contribution in [0.3, 0.4) is 0 Å². The highest BCUT2D eigenvalue weighted by atomic mass is 16.5. The van der Waals surface area contributed by atoms with Crippen LogP contribution in [0.5, 0.6) is 0 Å². The number of primary amides is 1. The third-order valence-electron chi connectivity index (χ3n) is 7.32. The zero-order valence-electron chi connectivity index (χ0n) is 26.0. The van der Waals surface area contributed by atoms with Crippen molar-refractivity contribution in [3.8, 4) is 11.1 Å². The molecule has 0 heterocycles. The van der Waals surface area contributed by atoms with Crippen LogP contribution in [-0.2, 0) is 30.2 Å². The van der Waals surface area contributed by atoms with Crippen LogP contribution in [0, 0.1) is 0 Å². The van der Waals surface area contributed by atoms with E-state index in [-0.39, 0.29) is 24.2 Å². The SMILES string of the molecule is [2H]NC(=O)OCC1c2cc(CCCC(=O)NCCOCCCC)ccc2-c2c(C(=O)CCCOCCCOC)cccc21. The van der Waals surface area contributed by atoms with Crippen LogP contribution in [0.25, 0.3) is 11.1 Å². The molecule has 0 aliphatic heterocycles. The fourth-order valence-electron chi connectivity index (χ4n) is 5.21. The lowest BCUT2D eigenvalue weighted by Gasteiger charge is -2.14. The monoisotopic (exact) mass is 583 g/mol. The van der Waals surface area contributed by atoms with Gasteiger partial charge in [-0.2, -0.15) is 0 Å². The van der Waals surface area contributed by atoms with E-state index in [1.54, 1.807) is 12.8 Å². The van der Waals surface area contributed by atoms with Crippen LogP contribution in [0.15, 0.2) is 36.4 Å². The minimum Gasteiger partial charge on any atom is -0.449 e. The number of rotatable bonds is 21. The van der Waals surface area contributed by atoms with Crippen molar-refractivity contribution < 1.29 is 34.7 Å². The molecule has 9 heteroatoms. The lowest BCUT2D eigenvalue weighted by Crippen LogP contribution is -2.27. The van der Waals surface area contributed by atoms with Crippen LogP contribution in [0.2, 0.25) is 1.41 Å². The Labute approximate surface area is 250 Å². The average molecular weight is 584 g/mol. The van der Waals surface area contributed by atoms with Gasteiger partial charge in [0.2, 0.25) is 5.91 Å². The third kappa shape index (κ3) is 10.2. The smallest absolute Gasteiger partial charge is 0.404 e. The van der Waals surface area contributed by atoms with Gasteiger partial charge >= 0.3 is 6.09 Å². The molecule has 230 valence electrons. The van der Waals surface area contributed by atoms with Gasteiger partial charge in [-0.1, -0.05) is 49.7 Å². The Morgan fingerprint density at radius 1 is 0.929 bits per heavy atom. The molecule has 3 N–H and O–H groups in total. The fraction of sp³-hybridized carbons (Fsp3) is 0.545. The van der Waals surface area contributed by atoms with Crippen LogP contribution in [0.4, 0.5) is 4.79 Å².